The molecule has 0 saturated carbocycles. The summed E-state index contributed by atoms with van der Waals surface area (Å²) >= 11 is 0. The maximum absolute atomic E-state index is 15.1. The molecule has 0 aliphatic carbocycles. The van der Waals surface area contributed by atoms with Crippen molar-refractivity contribution in [2.75, 3.05) is 18.1 Å². The molecule has 1 aliphatic heterocycles. The number of allylic oxidation sites excluding steroid dienone is 4. The van der Waals surface area contributed by atoms with Gasteiger partial charge in [-0.3, -0.25) is 38.9 Å². The van der Waals surface area contributed by atoms with Crippen LogP contribution in [0.25, 0.3) is 21.8 Å². The highest BCUT2D eigenvalue weighted by Gasteiger charge is 2.37. The molecule has 7 amide bonds. The number of H-pyrrole nitrogens is 1. The van der Waals surface area contributed by atoms with E-state index in [1.54, 1.807) is 51.3 Å². The van der Waals surface area contributed by atoms with Gasteiger partial charge in [-0.1, -0.05) is 133 Å². The van der Waals surface area contributed by atoms with Gasteiger partial charge >= 0.3 is 0 Å². The largest absolute Gasteiger partial charge is 0.377 e. The van der Waals surface area contributed by atoms with Gasteiger partial charge in [0, 0.05) is 77.1 Å². The maximum atomic E-state index is 15.1. The van der Waals surface area contributed by atoms with Crippen molar-refractivity contribution in [1.82, 2.24) is 46.8 Å². The quantitative estimate of drug-likeness (QED) is 0.0202. The van der Waals surface area contributed by atoms with Crippen molar-refractivity contribution in [3.8, 4) is 0 Å². The number of nitrogens with one attached hydrogen (secondary N) is 8. The number of fused-ring (bicyclic) bond motifs is 2. The van der Waals surface area contributed by atoms with E-state index in [4.69, 9.17) is 17.2 Å². The second-order valence-electron chi connectivity index (χ2n) is 21.4. The number of aromatic amines is 1. The number of hydrogen-bond donors (Lipinski definition) is 12. The molecule has 3 heterocycles. The van der Waals surface area contributed by atoms with Crippen LogP contribution in [0.5, 0.6) is 0 Å². The number of amides is 7. The Morgan fingerprint density at radius 3 is 2.12 bits per heavy atom. The number of nitrogens with zero attached hydrogens (tertiary/aromatic N) is 1. The van der Waals surface area contributed by atoms with E-state index in [1.165, 1.54) is 0 Å². The van der Waals surface area contributed by atoms with Crippen molar-refractivity contribution in [1.29, 1.82) is 0 Å². The molecule has 15 N–H and O–H groups in total. The number of primary amides is 1. The van der Waals surface area contributed by atoms with E-state index in [0.717, 1.165) is 54.5 Å². The van der Waals surface area contributed by atoms with Crippen molar-refractivity contribution in [3.63, 3.8) is 0 Å². The first-order valence-electron chi connectivity index (χ1n) is 28.2. The number of aromatic nitrogens is 2. The van der Waals surface area contributed by atoms with Gasteiger partial charge in [-0.05, 0) is 93.3 Å². The Kier molecular flexibility index (Phi) is 25.0. The highest BCUT2D eigenvalue weighted by atomic mass is 33.1. The summed E-state index contributed by atoms with van der Waals surface area (Å²) in [7, 11) is 2.24. The summed E-state index contributed by atoms with van der Waals surface area (Å²) in [5.41, 5.74) is 23.0. The zero-order chi connectivity index (χ0) is 60.2. The molecule has 22 heteroatoms. The Hall–Kier alpha value is -7.21. The Bertz CT molecular complexity index is 3090. The average Bonchev–Trinajstić information content (AvgIpc) is 3.70. The fraction of sp³-hybridized carbons (Fsp3) is 0.426. The topological polar surface area (TPSA) is 323 Å². The number of benzene rings is 3. The van der Waals surface area contributed by atoms with Crippen molar-refractivity contribution in [2.45, 2.75) is 140 Å². The van der Waals surface area contributed by atoms with Crippen LogP contribution >= 0.6 is 21.6 Å². The van der Waals surface area contributed by atoms with E-state index in [0.29, 0.717) is 30.5 Å². The Morgan fingerprint density at radius 2 is 1.43 bits per heavy atom. The Morgan fingerprint density at radius 1 is 0.783 bits per heavy atom. The second kappa shape index (κ2) is 32.0. The fourth-order valence-corrected chi connectivity index (χ4v) is 12.2. The third kappa shape index (κ3) is 18.6. The fourth-order valence-electron chi connectivity index (χ4n) is 9.89. The van der Waals surface area contributed by atoms with Crippen LogP contribution in [0.15, 0.2) is 128 Å². The molecule has 0 spiro atoms. The highest BCUT2D eigenvalue weighted by molar-refractivity contribution is 8.76. The van der Waals surface area contributed by atoms with E-state index < -0.39 is 102 Å². The number of aliphatic hydroxyl groups is 1. The van der Waals surface area contributed by atoms with Crippen LogP contribution in [0.1, 0.15) is 83.0 Å². The zero-order valence-corrected chi connectivity index (χ0v) is 49.5. The molecule has 446 valence electrons. The molecule has 1 saturated heterocycles. The van der Waals surface area contributed by atoms with Crippen molar-refractivity contribution >= 4 is 84.7 Å². The lowest BCUT2D eigenvalue weighted by Crippen LogP contribution is -2.62. The first-order valence-corrected chi connectivity index (χ1v) is 30.7. The molecule has 1 unspecified atom stereocenters. The number of carbonyl (C=O) groups is 7. The van der Waals surface area contributed by atoms with E-state index in [1.807, 2.05) is 98.9 Å². The third-order valence-electron chi connectivity index (χ3n) is 14.4. The van der Waals surface area contributed by atoms with E-state index in [-0.39, 0.29) is 49.7 Å². The molecular weight excluding hydrogens is 1090 g/mol. The molecule has 1 aliphatic rings. The van der Waals surface area contributed by atoms with Gasteiger partial charge in [0.1, 0.15) is 42.5 Å². The summed E-state index contributed by atoms with van der Waals surface area (Å²) in [6, 6.07) is 14.6. The van der Waals surface area contributed by atoms with Crippen LogP contribution in [0.3, 0.4) is 0 Å². The number of aliphatic hydroxyl groups excluding tert-OH is 1. The van der Waals surface area contributed by atoms with Crippen molar-refractivity contribution < 1.29 is 38.7 Å². The van der Waals surface area contributed by atoms with Crippen LogP contribution in [-0.4, -0.2) is 129 Å². The minimum atomic E-state index is -1.45. The highest BCUT2D eigenvalue weighted by Crippen LogP contribution is 2.28. The van der Waals surface area contributed by atoms with E-state index in [2.05, 4.69) is 53.3 Å². The minimum absolute atomic E-state index is 0.0214. The van der Waals surface area contributed by atoms with Crippen LogP contribution in [0.2, 0.25) is 0 Å². The summed E-state index contributed by atoms with van der Waals surface area (Å²) < 4.78 is 2.07. The molecule has 2 aromatic heterocycles. The second-order valence-corrected chi connectivity index (χ2v) is 24.0. The van der Waals surface area contributed by atoms with Crippen LogP contribution in [0.4, 0.5) is 0 Å². The zero-order valence-electron chi connectivity index (χ0n) is 47.9. The first-order chi connectivity index (χ1) is 39.8. The van der Waals surface area contributed by atoms with Gasteiger partial charge in [0.15, 0.2) is 0 Å². The van der Waals surface area contributed by atoms with E-state index in [9.17, 15) is 29.1 Å². The number of rotatable bonds is 22. The lowest BCUT2D eigenvalue weighted by Gasteiger charge is -2.30. The standard InChI is InChI=1S/C61H82N12O8S2/c1-7-18-38(19-8-2)29-48-57(77)69-49(31-41-33-73(37(5)6)52-26-15-13-23-43(41)52)58(78)66-46(25-16-17-27-62)56(76)72-53(36(3)4)61(81)71-51(59(79)67-47(54(64)74)30-40-32-65-45-24-14-12-22-42(40)45)35-83-82-34-50(60(80)68-48)70-55(75)44(63)28-39-20-10-9-11-21-39/h7-15,18-24,26,32-33,36-37,44,46-51,53,55,65,70,75H,1,16-17,25,27-31,34-35,62-63H2,2-6H3,(H2,64,74)(H,66,78)(H,67,79)(H,68,80)(H,69,77)(H,71,81)(H,72,76)/b19-8-,38-18+/t44-,46+,47-,48+,49-,50+,51+,53+,55?/m1/s1. The molecule has 1 fully saturated rings. The molecule has 3 aromatic carbocycles. The van der Waals surface area contributed by atoms with Gasteiger partial charge in [0.2, 0.25) is 41.4 Å². The monoisotopic (exact) mass is 1170 g/mol. The molecule has 20 nitrogen and oxygen atoms in total. The Labute approximate surface area is 493 Å². The van der Waals surface area contributed by atoms with Crippen LogP contribution < -0.4 is 54.4 Å². The van der Waals surface area contributed by atoms with Gasteiger partial charge in [0.05, 0.1) is 6.04 Å². The number of carbonyl (C=O) groups excluding carboxylic acids is 7. The van der Waals surface area contributed by atoms with Gasteiger partial charge in [0.25, 0.3) is 0 Å². The Balaban J connectivity index is 1.42. The van der Waals surface area contributed by atoms with Gasteiger partial charge < -0.3 is 63.8 Å². The van der Waals surface area contributed by atoms with Gasteiger partial charge in [-0.15, -0.1) is 0 Å². The maximum Gasteiger partial charge on any atom is 0.244 e. The third-order valence-corrected chi connectivity index (χ3v) is 16.8. The molecule has 6 rings (SSSR count). The summed E-state index contributed by atoms with van der Waals surface area (Å²) in [6.45, 7) is 13.5. The lowest BCUT2D eigenvalue weighted by molar-refractivity contribution is -0.136. The van der Waals surface area contributed by atoms with Gasteiger partial charge in [-0.2, -0.15) is 0 Å². The molecular formula is C61H82N12O8S2. The summed E-state index contributed by atoms with van der Waals surface area (Å²) in [5.74, 6) is -5.94. The predicted octanol–water partition coefficient (Wildman–Crippen LogP) is 3.99. The first kappa shape index (κ1) is 65.0. The number of hydrogen-bond acceptors (Lipinski definition) is 13. The number of unbranched alkanes of at least 4 members (excludes halogenated alkanes) is 1. The van der Waals surface area contributed by atoms with Crippen molar-refractivity contribution in [3.05, 3.63) is 144 Å². The minimum Gasteiger partial charge on any atom is -0.377 e. The lowest BCUT2D eigenvalue weighted by atomic mass is 9.99. The van der Waals surface area contributed by atoms with Crippen LogP contribution in [-0.2, 0) is 52.8 Å². The number of para-hydroxylation sites is 2. The summed E-state index contributed by atoms with van der Waals surface area (Å²) in [6.07, 6.45) is 10.2. The molecule has 5 aromatic rings. The number of nitrogens with two attached hydrogens (primary N) is 3. The SMILES string of the molecule is C=C/C=C(\C=C/C)C[C@@H]1NC(=O)[C@@H](NC(O)[C@H](N)Cc2ccccc2)CSSC[C@@H](C(=O)N[C@H](Cc2c[nH]c3ccccc23)C(N)=O)NC(=O)[C@H](C(C)C)NC(=O)[C@H](CCCCN)NC(=O)[C@@H](Cc2cn(C(C)C)c3ccccc23)NC1=O. The normalized spacial score (nSPS) is 21.4. The molecule has 0 bridgehead atoms. The van der Waals surface area contributed by atoms with Gasteiger partial charge in [-0.25, -0.2) is 0 Å². The van der Waals surface area contributed by atoms with Crippen LogP contribution in [0, 0.1) is 5.92 Å². The summed E-state index contributed by atoms with van der Waals surface area (Å²) in [5, 5.41) is 33.5. The molecule has 83 heavy (non-hydrogen) atoms. The molecule has 0 radical (unpaired) electrons. The van der Waals surface area contributed by atoms with E-state index >= 15 is 9.59 Å². The smallest absolute Gasteiger partial charge is 0.244 e. The predicted molar refractivity (Wildman–Crippen MR) is 330 cm³/mol. The molecule has 9 atom stereocenters. The summed E-state index contributed by atoms with van der Waals surface area (Å²) in [4.78, 5) is 105. The van der Waals surface area contributed by atoms with Crippen molar-refractivity contribution in [2.24, 2.45) is 23.1 Å². The average molecular weight is 1180 g/mol.